The van der Waals surface area contributed by atoms with Gasteiger partial charge in [0, 0.05) is 18.2 Å². The molecule has 0 heterocycles. The van der Waals surface area contributed by atoms with E-state index >= 15 is 0 Å². The summed E-state index contributed by atoms with van der Waals surface area (Å²) in [5, 5.41) is 21.0. The minimum Gasteiger partial charge on any atom is -0.392 e. The van der Waals surface area contributed by atoms with Crippen molar-refractivity contribution in [1.29, 1.82) is 0 Å². The minimum atomic E-state index is -2.61. The van der Waals surface area contributed by atoms with Crippen LogP contribution in [0.1, 0.15) is 77.3 Å². The van der Waals surface area contributed by atoms with E-state index in [9.17, 15) is 19.8 Å². The maximum atomic E-state index is 12.6. The Morgan fingerprint density at radius 3 is 1.66 bits per heavy atom. The molecule has 0 aliphatic rings. The van der Waals surface area contributed by atoms with Gasteiger partial charge in [-0.25, -0.2) is 9.59 Å². The van der Waals surface area contributed by atoms with Crippen LogP contribution in [-0.4, -0.2) is 34.7 Å². The van der Waals surface area contributed by atoms with Crippen LogP contribution in [0.4, 0.5) is 0 Å². The van der Waals surface area contributed by atoms with Gasteiger partial charge in [0.15, 0.2) is 0 Å². The van der Waals surface area contributed by atoms with Crippen LogP contribution < -0.4 is 0 Å². The van der Waals surface area contributed by atoms with Crippen molar-refractivity contribution >= 4 is 24.1 Å². The topological polar surface area (TPSA) is 93.1 Å². The lowest BCUT2D eigenvalue weighted by atomic mass is 10.0. The third kappa shape index (κ3) is 15.8. The Bertz CT molecular complexity index is 1290. The van der Waals surface area contributed by atoms with Crippen molar-refractivity contribution in [2.45, 2.75) is 72.2 Å². The molecule has 0 amide bonds. The summed E-state index contributed by atoms with van der Waals surface area (Å²) in [6.07, 6.45) is 17.8. The molecular formula is C38H46O6. The first-order valence-electron chi connectivity index (χ1n) is 15.0. The number of esters is 2. The summed E-state index contributed by atoms with van der Waals surface area (Å²) in [6, 6.07) is 18.3. The maximum absolute atomic E-state index is 12.6. The molecule has 0 spiro atoms. The molecule has 0 bridgehead atoms. The van der Waals surface area contributed by atoms with Crippen LogP contribution in [0.3, 0.4) is 0 Å². The minimum absolute atomic E-state index is 0.0337. The number of hydrogen-bond acceptors (Lipinski definition) is 6. The van der Waals surface area contributed by atoms with Crippen molar-refractivity contribution in [2.75, 3.05) is 6.61 Å². The number of aliphatic hydroxyl groups is 2. The second-order valence-corrected chi connectivity index (χ2v) is 10.9. The molecule has 0 unspecified atom stereocenters. The summed E-state index contributed by atoms with van der Waals surface area (Å²) >= 11 is 0. The summed E-state index contributed by atoms with van der Waals surface area (Å²) in [5.74, 6) is -4.38. The van der Waals surface area contributed by atoms with Crippen LogP contribution in [0.2, 0.25) is 0 Å². The van der Waals surface area contributed by atoms with Crippen LogP contribution >= 0.6 is 0 Å². The Hall–Kier alpha value is -4.26. The standard InChI is InChI=1S/C38H46O6/c1-30(2)14-11-15-31(3)16-12-22-35(29-39)23-13-17-32(4)28-38(42,43-36(40)26-24-33-18-7-5-8-19-33)44-37(41)27-25-34-20-9-6-10-21-34/h5-10,14,16,18-21,23-28,39,42H,11-13,15,17,22,29H2,1-4H3/b26-24+,27-25+,31-16+,32-28+,35-23+. The van der Waals surface area contributed by atoms with Crippen molar-refractivity contribution < 1.29 is 29.3 Å². The number of ether oxygens (including phenoxy) is 2. The molecule has 0 aromatic heterocycles. The van der Waals surface area contributed by atoms with E-state index in [2.05, 4.69) is 32.9 Å². The van der Waals surface area contributed by atoms with Gasteiger partial charge in [0.25, 0.3) is 0 Å². The van der Waals surface area contributed by atoms with E-state index in [0.717, 1.165) is 54.5 Å². The van der Waals surface area contributed by atoms with Gasteiger partial charge < -0.3 is 19.7 Å². The van der Waals surface area contributed by atoms with Gasteiger partial charge in [-0.1, -0.05) is 95.6 Å². The number of rotatable bonds is 17. The molecule has 0 saturated heterocycles. The van der Waals surface area contributed by atoms with Gasteiger partial charge in [0.05, 0.1) is 6.61 Å². The normalized spacial score (nSPS) is 12.9. The van der Waals surface area contributed by atoms with Crippen molar-refractivity contribution in [3.8, 4) is 0 Å². The van der Waals surface area contributed by atoms with Gasteiger partial charge in [-0.3, -0.25) is 0 Å². The lowest BCUT2D eigenvalue weighted by molar-refractivity contribution is -0.291. The SMILES string of the molecule is CC(C)=CCC/C(C)=C/CC/C(=C\CC/C(C)=C/C(O)(OC(=O)/C=C/c1ccccc1)OC(=O)/C=C/c1ccccc1)CO. The molecule has 0 saturated carbocycles. The molecule has 2 aromatic carbocycles. The summed E-state index contributed by atoms with van der Waals surface area (Å²) in [5.41, 5.74) is 5.75. The molecule has 0 aliphatic heterocycles. The van der Waals surface area contributed by atoms with E-state index < -0.39 is 17.9 Å². The van der Waals surface area contributed by atoms with E-state index in [4.69, 9.17) is 9.47 Å². The highest BCUT2D eigenvalue weighted by molar-refractivity contribution is 5.89. The van der Waals surface area contributed by atoms with Crippen LogP contribution in [0.15, 0.2) is 119 Å². The number of allylic oxidation sites excluding steroid dienone is 6. The van der Waals surface area contributed by atoms with Gasteiger partial charge in [0.2, 0.25) is 0 Å². The van der Waals surface area contributed by atoms with Crippen molar-refractivity contribution in [3.05, 3.63) is 131 Å². The highest BCUT2D eigenvalue weighted by Gasteiger charge is 2.33. The molecule has 2 rings (SSSR count). The zero-order valence-corrected chi connectivity index (χ0v) is 26.4. The average molecular weight is 599 g/mol. The van der Waals surface area contributed by atoms with Crippen molar-refractivity contribution in [3.63, 3.8) is 0 Å². The third-order valence-electron chi connectivity index (χ3n) is 6.57. The van der Waals surface area contributed by atoms with Crippen molar-refractivity contribution in [2.24, 2.45) is 0 Å². The average Bonchev–Trinajstić information content (AvgIpc) is 2.98. The fourth-order valence-electron chi connectivity index (χ4n) is 4.22. The first kappa shape index (κ1) is 35.9. The molecular weight excluding hydrogens is 552 g/mol. The summed E-state index contributed by atoms with van der Waals surface area (Å²) in [7, 11) is 0. The zero-order valence-electron chi connectivity index (χ0n) is 26.4. The van der Waals surface area contributed by atoms with E-state index in [1.807, 2.05) is 66.7 Å². The molecule has 0 atom stereocenters. The van der Waals surface area contributed by atoms with Crippen LogP contribution in [0.5, 0.6) is 0 Å². The third-order valence-corrected chi connectivity index (χ3v) is 6.57. The Morgan fingerprint density at radius 2 is 1.16 bits per heavy atom. The number of aliphatic hydroxyl groups excluding tert-OH is 1. The largest absolute Gasteiger partial charge is 0.396 e. The Kier molecular flexibility index (Phi) is 16.2. The smallest absolute Gasteiger partial charge is 0.392 e. The maximum Gasteiger partial charge on any atom is 0.396 e. The molecule has 6 heteroatoms. The number of carbonyl (C=O) groups is 2. The van der Waals surface area contributed by atoms with Gasteiger partial charge in [-0.2, -0.15) is 0 Å². The molecule has 6 nitrogen and oxygen atoms in total. The quantitative estimate of drug-likeness (QED) is 0.0824. The summed E-state index contributed by atoms with van der Waals surface area (Å²) < 4.78 is 10.5. The molecule has 234 valence electrons. The molecule has 0 radical (unpaired) electrons. The Morgan fingerprint density at radius 1 is 0.682 bits per heavy atom. The Balaban J connectivity index is 2.07. The number of benzene rings is 2. The molecule has 2 aromatic rings. The second-order valence-electron chi connectivity index (χ2n) is 10.9. The highest BCUT2D eigenvalue weighted by Crippen LogP contribution is 2.20. The van der Waals surface area contributed by atoms with E-state index in [1.165, 1.54) is 29.4 Å². The fraction of sp³-hybridized carbons (Fsp3) is 0.316. The van der Waals surface area contributed by atoms with E-state index in [0.29, 0.717) is 18.4 Å². The van der Waals surface area contributed by atoms with Gasteiger partial charge >= 0.3 is 17.9 Å². The predicted molar refractivity (Wildman–Crippen MR) is 178 cm³/mol. The number of carbonyl (C=O) groups excluding carboxylic acids is 2. The van der Waals surface area contributed by atoms with Crippen LogP contribution in [0, 0.1) is 0 Å². The van der Waals surface area contributed by atoms with Crippen molar-refractivity contribution in [1.82, 2.24) is 0 Å². The number of hydrogen-bond donors (Lipinski definition) is 2. The Labute approximate surface area is 262 Å². The fourth-order valence-corrected chi connectivity index (χ4v) is 4.22. The van der Waals surface area contributed by atoms with Gasteiger partial charge in [-0.15, -0.1) is 0 Å². The lowest BCUT2D eigenvalue weighted by Gasteiger charge is -2.23. The predicted octanol–water partition coefficient (Wildman–Crippen LogP) is 8.26. The first-order valence-corrected chi connectivity index (χ1v) is 15.0. The van der Waals surface area contributed by atoms with E-state index in [1.54, 1.807) is 6.92 Å². The van der Waals surface area contributed by atoms with Crippen LogP contribution in [-0.2, 0) is 19.1 Å². The highest BCUT2D eigenvalue weighted by atomic mass is 16.8. The molecule has 2 N–H and O–H groups in total. The lowest BCUT2D eigenvalue weighted by Crippen LogP contribution is -2.37. The summed E-state index contributed by atoms with van der Waals surface area (Å²) in [6.45, 7) is 8.04. The summed E-state index contributed by atoms with van der Waals surface area (Å²) in [4.78, 5) is 25.2. The van der Waals surface area contributed by atoms with Gasteiger partial charge in [-0.05, 0) is 95.1 Å². The zero-order chi connectivity index (χ0) is 32.2. The first-order chi connectivity index (χ1) is 21.1. The monoisotopic (exact) mass is 598 g/mol. The van der Waals surface area contributed by atoms with E-state index in [-0.39, 0.29) is 6.61 Å². The molecule has 0 aliphatic carbocycles. The van der Waals surface area contributed by atoms with Crippen LogP contribution in [0.25, 0.3) is 12.2 Å². The molecule has 0 fully saturated rings. The second kappa shape index (κ2) is 19.8. The molecule has 44 heavy (non-hydrogen) atoms. The van der Waals surface area contributed by atoms with Gasteiger partial charge in [0.1, 0.15) is 0 Å².